The molecule has 28 heavy (non-hydrogen) atoms. The lowest BCUT2D eigenvalue weighted by atomic mass is 9.86. The van der Waals surface area contributed by atoms with E-state index in [1.807, 2.05) is 30.5 Å². The normalized spacial score (nSPS) is 19.1. The topological polar surface area (TPSA) is 90.5 Å². The first-order valence-electron chi connectivity index (χ1n) is 9.60. The Kier molecular flexibility index (Phi) is 8.79. The van der Waals surface area contributed by atoms with Crippen LogP contribution >= 0.6 is 11.8 Å². The van der Waals surface area contributed by atoms with Crippen LogP contribution in [0.3, 0.4) is 0 Å². The maximum absolute atomic E-state index is 12.2. The van der Waals surface area contributed by atoms with Crippen LogP contribution in [0.15, 0.2) is 29.2 Å². The zero-order chi connectivity index (χ0) is 20.5. The number of nitrogens with zero attached hydrogens (tertiary/aromatic N) is 1. The van der Waals surface area contributed by atoms with Crippen molar-refractivity contribution in [3.8, 4) is 0 Å². The molecule has 1 aliphatic carbocycles. The van der Waals surface area contributed by atoms with E-state index in [2.05, 4.69) is 22.9 Å². The van der Waals surface area contributed by atoms with E-state index in [9.17, 15) is 14.4 Å². The molecule has 1 aromatic rings. The van der Waals surface area contributed by atoms with Crippen LogP contribution in [0.4, 0.5) is 10.5 Å². The summed E-state index contributed by atoms with van der Waals surface area (Å²) in [6, 6.07) is 7.20. The second kappa shape index (κ2) is 11.1. The van der Waals surface area contributed by atoms with Crippen LogP contribution in [-0.2, 0) is 9.59 Å². The molecule has 1 aliphatic rings. The van der Waals surface area contributed by atoms with E-state index in [1.54, 1.807) is 23.7 Å². The van der Waals surface area contributed by atoms with Crippen molar-refractivity contribution >= 4 is 35.3 Å². The molecule has 0 radical (unpaired) electrons. The highest BCUT2D eigenvalue weighted by Crippen LogP contribution is 2.24. The van der Waals surface area contributed by atoms with E-state index in [4.69, 9.17) is 0 Å². The Bertz CT molecular complexity index is 698. The molecule has 0 aliphatic heterocycles. The van der Waals surface area contributed by atoms with Gasteiger partial charge in [-0.25, -0.2) is 4.79 Å². The number of amides is 4. The smallest absolute Gasteiger partial charge is 0.321 e. The largest absolute Gasteiger partial charge is 0.335 e. The Hall–Kier alpha value is -2.06. The minimum atomic E-state index is -0.463. The van der Waals surface area contributed by atoms with Gasteiger partial charge in [0.05, 0.1) is 18.8 Å². The van der Waals surface area contributed by atoms with Crippen molar-refractivity contribution < 1.29 is 14.4 Å². The van der Waals surface area contributed by atoms with Gasteiger partial charge < -0.3 is 10.6 Å². The van der Waals surface area contributed by atoms with Crippen LogP contribution in [0.25, 0.3) is 0 Å². The highest BCUT2D eigenvalue weighted by atomic mass is 32.2. The van der Waals surface area contributed by atoms with Crippen molar-refractivity contribution in [2.24, 2.45) is 5.92 Å². The molecule has 0 saturated heterocycles. The molecular weight excluding hydrogens is 376 g/mol. The van der Waals surface area contributed by atoms with E-state index < -0.39 is 11.9 Å². The molecule has 2 unspecified atom stereocenters. The molecule has 7 nitrogen and oxygen atoms in total. The molecule has 3 N–H and O–H groups in total. The number of hydrogen-bond acceptors (Lipinski definition) is 5. The number of anilines is 1. The standard InChI is InChI=1S/C20H30N4O3S/c1-14-8-4-5-9-15(14)22-20(27)23-19(26)13-24(2)12-18(25)21-16-10-6-7-11-17(16)28-3/h6-7,10-11,14-15H,4-5,8-9,12-13H2,1-3H3,(H,21,25)(H2,22,23,26,27). The van der Waals surface area contributed by atoms with Gasteiger partial charge in [0, 0.05) is 10.9 Å². The molecule has 2 atom stereocenters. The maximum Gasteiger partial charge on any atom is 0.321 e. The van der Waals surface area contributed by atoms with Crippen molar-refractivity contribution in [3.05, 3.63) is 24.3 Å². The summed E-state index contributed by atoms with van der Waals surface area (Å²) in [5, 5.41) is 8.10. The predicted molar refractivity (Wildman–Crippen MR) is 112 cm³/mol. The predicted octanol–water partition coefficient (Wildman–Crippen LogP) is 2.68. The lowest BCUT2D eigenvalue weighted by Gasteiger charge is -2.29. The number of urea groups is 1. The minimum absolute atomic E-state index is 0.0365. The van der Waals surface area contributed by atoms with E-state index in [1.165, 1.54) is 6.42 Å². The molecular formula is C20H30N4O3S. The molecule has 0 spiro atoms. The third-order valence-electron chi connectivity index (χ3n) is 4.89. The molecule has 154 valence electrons. The molecule has 1 fully saturated rings. The Morgan fingerprint density at radius 3 is 2.50 bits per heavy atom. The Labute approximate surface area is 171 Å². The maximum atomic E-state index is 12.2. The van der Waals surface area contributed by atoms with Crippen LogP contribution in [0.5, 0.6) is 0 Å². The summed E-state index contributed by atoms with van der Waals surface area (Å²) < 4.78 is 0. The van der Waals surface area contributed by atoms with Gasteiger partial charge in [0.1, 0.15) is 0 Å². The van der Waals surface area contributed by atoms with Crippen LogP contribution in [0, 0.1) is 5.92 Å². The van der Waals surface area contributed by atoms with Crippen molar-refractivity contribution in [2.45, 2.75) is 43.5 Å². The van der Waals surface area contributed by atoms with E-state index in [0.717, 1.165) is 29.8 Å². The molecule has 0 bridgehead atoms. The highest BCUT2D eigenvalue weighted by molar-refractivity contribution is 7.98. The van der Waals surface area contributed by atoms with Crippen LogP contribution in [-0.4, -0.2) is 55.2 Å². The number of nitrogens with one attached hydrogen (secondary N) is 3. The molecule has 4 amide bonds. The molecule has 0 heterocycles. The average molecular weight is 407 g/mol. The number of likely N-dealkylation sites (N-methyl/N-ethyl adjacent to an activating group) is 1. The van der Waals surface area contributed by atoms with Gasteiger partial charge in [-0.05, 0) is 44.2 Å². The van der Waals surface area contributed by atoms with Gasteiger partial charge >= 0.3 is 6.03 Å². The number of benzene rings is 1. The lowest BCUT2D eigenvalue weighted by Crippen LogP contribution is -2.50. The number of carbonyl (C=O) groups excluding carboxylic acids is 3. The van der Waals surface area contributed by atoms with Crippen molar-refractivity contribution in [1.82, 2.24) is 15.5 Å². The summed E-state index contributed by atoms with van der Waals surface area (Å²) >= 11 is 1.55. The fraction of sp³-hybridized carbons (Fsp3) is 0.550. The van der Waals surface area contributed by atoms with Crippen LogP contribution in [0.2, 0.25) is 0 Å². The first-order valence-corrected chi connectivity index (χ1v) is 10.8. The fourth-order valence-corrected chi connectivity index (χ4v) is 3.94. The third-order valence-corrected chi connectivity index (χ3v) is 5.68. The number of para-hydroxylation sites is 1. The average Bonchev–Trinajstić information content (AvgIpc) is 2.63. The van der Waals surface area contributed by atoms with Crippen molar-refractivity contribution in [3.63, 3.8) is 0 Å². The van der Waals surface area contributed by atoms with E-state index in [0.29, 0.717) is 5.92 Å². The number of imide groups is 1. The number of thioether (sulfide) groups is 1. The molecule has 1 aromatic carbocycles. The zero-order valence-corrected chi connectivity index (χ0v) is 17.6. The molecule has 1 saturated carbocycles. The molecule has 2 rings (SSSR count). The summed E-state index contributed by atoms with van der Waals surface area (Å²) in [4.78, 5) is 38.9. The van der Waals surface area contributed by atoms with Gasteiger partial charge in [0.25, 0.3) is 0 Å². The van der Waals surface area contributed by atoms with Gasteiger partial charge in [-0.1, -0.05) is 31.9 Å². The SMILES string of the molecule is CSc1ccccc1NC(=O)CN(C)CC(=O)NC(=O)NC1CCCCC1C. The van der Waals surface area contributed by atoms with Crippen LogP contribution in [0.1, 0.15) is 32.6 Å². The summed E-state index contributed by atoms with van der Waals surface area (Å²) in [6.45, 7) is 2.14. The Morgan fingerprint density at radius 2 is 1.79 bits per heavy atom. The monoisotopic (exact) mass is 406 g/mol. The summed E-state index contributed by atoms with van der Waals surface area (Å²) in [6.07, 6.45) is 6.27. The first-order chi connectivity index (χ1) is 13.4. The van der Waals surface area contributed by atoms with E-state index >= 15 is 0 Å². The third kappa shape index (κ3) is 7.16. The molecule has 0 aromatic heterocycles. The van der Waals surface area contributed by atoms with Gasteiger partial charge in [0.15, 0.2) is 0 Å². The van der Waals surface area contributed by atoms with Crippen LogP contribution < -0.4 is 16.0 Å². The van der Waals surface area contributed by atoms with Gasteiger partial charge in [-0.2, -0.15) is 0 Å². The summed E-state index contributed by atoms with van der Waals surface area (Å²) in [7, 11) is 1.67. The lowest BCUT2D eigenvalue weighted by molar-refractivity contribution is -0.122. The number of carbonyl (C=O) groups is 3. The second-order valence-corrected chi connectivity index (χ2v) is 8.16. The van der Waals surface area contributed by atoms with Gasteiger partial charge in [-0.15, -0.1) is 11.8 Å². The Balaban J connectivity index is 1.74. The highest BCUT2D eigenvalue weighted by Gasteiger charge is 2.23. The van der Waals surface area contributed by atoms with Gasteiger partial charge in [0.2, 0.25) is 11.8 Å². The van der Waals surface area contributed by atoms with E-state index in [-0.39, 0.29) is 25.0 Å². The zero-order valence-electron chi connectivity index (χ0n) is 16.8. The quantitative estimate of drug-likeness (QED) is 0.606. The fourth-order valence-electron chi connectivity index (χ4n) is 3.39. The van der Waals surface area contributed by atoms with Crippen molar-refractivity contribution in [2.75, 3.05) is 31.7 Å². The van der Waals surface area contributed by atoms with Crippen molar-refractivity contribution in [1.29, 1.82) is 0 Å². The molecule has 8 heteroatoms. The second-order valence-electron chi connectivity index (χ2n) is 7.31. The number of rotatable bonds is 7. The Morgan fingerprint density at radius 1 is 1.11 bits per heavy atom. The summed E-state index contributed by atoms with van der Waals surface area (Å²) in [5.41, 5.74) is 0.749. The number of hydrogen-bond donors (Lipinski definition) is 3. The minimum Gasteiger partial charge on any atom is -0.335 e. The first kappa shape index (κ1) is 22.2. The van der Waals surface area contributed by atoms with Gasteiger partial charge in [-0.3, -0.25) is 19.8 Å². The summed E-state index contributed by atoms with van der Waals surface area (Å²) in [5.74, 6) is -0.219.